The maximum Gasteiger partial charge on any atom is 0.191 e. The molecule has 0 spiro atoms. The van der Waals surface area contributed by atoms with Crippen LogP contribution in [0.15, 0.2) is 29.4 Å². The zero-order valence-electron chi connectivity index (χ0n) is 14.2. The van der Waals surface area contributed by atoms with Gasteiger partial charge in [-0.3, -0.25) is 0 Å². The lowest BCUT2D eigenvalue weighted by Crippen LogP contribution is -2.29. The summed E-state index contributed by atoms with van der Waals surface area (Å²) in [6.07, 6.45) is 2.39. The molecule has 2 aromatic rings. The van der Waals surface area contributed by atoms with Crippen molar-refractivity contribution >= 4 is 11.8 Å². The number of rotatable bonds is 7. The van der Waals surface area contributed by atoms with Crippen LogP contribution in [0.25, 0.3) is 0 Å². The highest BCUT2D eigenvalue weighted by molar-refractivity contribution is 7.99. The van der Waals surface area contributed by atoms with Crippen molar-refractivity contribution in [2.75, 3.05) is 32.6 Å². The molecule has 0 amide bonds. The van der Waals surface area contributed by atoms with Crippen LogP contribution in [0.4, 0.5) is 0 Å². The van der Waals surface area contributed by atoms with E-state index in [0.29, 0.717) is 12.5 Å². The molecule has 1 aliphatic heterocycles. The van der Waals surface area contributed by atoms with E-state index in [2.05, 4.69) is 27.1 Å². The van der Waals surface area contributed by atoms with Crippen LogP contribution < -0.4 is 14.8 Å². The number of thioether (sulfide) groups is 1. The first-order chi connectivity index (χ1) is 11.8. The zero-order chi connectivity index (χ0) is 16.8. The summed E-state index contributed by atoms with van der Waals surface area (Å²) in [6, 6.07) is 7.63. The van der Waals surface area contributed by atoms with E-state index in [-0.39, 0.29) is 0 Å². The Bertz CT molecular complexity index is 639. The van der Waals surface area contributed by atoms with E-state index in [1.165, 1.54) is 12.8 Å². The van der Waals surface area contributed by atoms with Crippen LogP contribution in [0.1, 0.15) is 24.6 Å². The van der Waals surface area contributed by atoms with Crippen LogP contribution in [0.2, 0.25) is 0 Å². The van der Waals surface area contributed by atoms with E-state index < -0.39 is 0 Å². The first-order valence-corrected chi connectivity index (χ1v) is 9.26. The summed E-state index contributed by atoms with van der Waals surface area (Å²) in [7, 11) is 3.71. The molecule has 0 aliphatic carbocycles. The third kappa shape index (κ3) is 4.21. The first kappa shape index (κ1) is 17.1. The van der Waals surface area contributed by atoms with Crippen molar-refractivity contribution in [1.82, 2.24) is 20.1 Å². The fourth-order valence-corrected chi connectivity index (χ4v) is 3.58. The molecule has 0 bridgehead atoms. The number of hydrogen-bond donors (Lipinski definition) is 1. The summed E-state index contributed by atoms with van der Waals surface area (Å²) in [6.45, 7) is 2.74. The Balaban J connectivity index is 1.47. The van der Waals surface area contributed by atoms with Gasteiger partial charge in [0.05, 0.1) is 13.7 Å². The number of hydrogen-bond acceptors (Lipinski definition) is 6. The van der Waals surface area contributed by atoms with Gasteiger partial charge in [-0.05, 0) is 43.7 Å². The summed E-state index contributed by atoms with van der Waals surface area (Å²) < 4.78 is 13.0. The highest BCUT2D eigenvalue weighted by atomic mass is 32.2. The Kier molecular flexibility index (Phi) is 5.98. The van der Waals surface area contributed by atoms with E-state index in [1.807, 2.05) is 24.3 Å². The van der Waals surface area contributed by atoms with E-state index in [1.54, 1.807) is 18.9 Å². The van der Waals surface area contributed by atoms with Gasteiger partial charge in [0, 0.05) is 25.3 Å². The van der Waals surface area contributed by atoms with Gasteiger partial charge in [-0.15, -0.1) is 10.2 Å². The molecule has 1 atom stereocenters. The molecular weight excluding hydrogens is 324 g/mol. The maximum atomic E-state index is 5.75. The number of ether oxygens (including phenoxy) is 2. The minimum absolute atomic E-state index is 0.473. The van der Waals surface area contributed by atoms with Crippen molar-refractivity contribution in [1.29, 1.82) is 0 Å². The van der Waals surface area contributed by atoms with Gasteiger partial charge >= 0.3 is 0 Å². The molecule has 130 valence electrons. The van der Waals surface area contributed by atoms with E-state index in [4.69, 9.17) is 9.47 Å². The lowest BCUT2D eigenvalue weighted by Gasteiger charge is -2.21. The third-order valence-electron chi connectivity index (χ3n) is 4.17. The molecule has 1 aliphatic rings. The van der Waals surface area contributed by atoms with Crippen molar-refractivity contribution < 1.29 is 9.47 Å². The molecule has 7 heteroatoms. The molecule has 1 aromatic heterocycles. The van der Waals surface area contributed by atoms with Crippen molar-refractivity contribution in [3.05, 3.63) is 30.1 Å². The molecule has 0 saturated carbocycles. The molecular formula is C17H24N4O2S. The van der Waals surface area contributed by atoms with Crippen molar-refractivity contribution in [3.8, 4) is 11.5 Å². The first-order valence-electron chi connectivity index (χ1n) is 8.27. The number of methoxy groups -OCH3 is 1. The third-order valence-corrected chi connectivity index (χ3v) is 5.16. The van der Waals surface area contributed by atoms with Crippen LogP contribution in [0.3, 0.4) is 0 Å². The minimum atomic E-state index is 0.473. The Morgan fingerprint density at radius 2 is 2.04 bits per heavy atom. The van der Waals surface area contributed by atoms with E-state index in [9.17, 15) is 0 Å². The monoisotopic (exact) mass is 348 g/mol. The van der Waals surface area contributed by atoms with E-state index >= 15 is 0 Å². The van der Waals surface area contributed by atoms with Gasteiger partial charge in [0.1, 0.15) is 17.3 Å². The second-order valence-corrected chi connectivity index (χ2v) is 6.88. The van der Waals surface area contributed by atoms with Gasteiger partial charge in [0.25, 0.3) is 0 Å². The number of nitrogens with one attached hydrogen (secondary N) is 1. The fraction of sp³-hybridized carbons (Fsp3) is 0.529. The number of aromatic nitrogens is 3. The van der Waals surface area contributed by atoms with Crippen LogP contribution >= 0.6 is 11.8 Å². The minimum Gasteiger partial charge on any atom is -0.497 e. The van der Waals surface area contributed by atoms with Crippen molar-refractivity contribution in [3.63, 3.8) is 0 Å². The Labute approximate surface area is 146 Å². The summed E-state index contributed by atoms with van der Waals surface area (Å²) in [5.74, 6) is 4.08. The van der Waals surface area contributed by atoms with Crippen LogP contribution in [-0.2, 0) is 7.05 Å². The SMILES string of the molecule is COc1ccc(OCCSc2nnc(C3CCCNC3)n2C)cc1. The van der Waals surface area contributed by atoms with Crippen LogP contribution in [-0.4, -0.2) is 47.3 Å². The summed E-state index contributed by atoms with van der Waals surface area (Å²) in [5.41, 5.74) is 0. The quantitative estimate of drug-likeness (QED) is 0.613. The largest absolute Gasteiger partial charge is 0.497 e. The topological polar surface area (TPSA) is 61.2 Å². The smallest absolute Gasteiger partial charge is 0.191 e. The average molecular weight is 348 g/mol. The molecule has 0 radical (unpaired) electrons. The van der Waals surface area contributed by atoms with Gasteiger partial charge in [-0.25, -0.2) is 0 Å². The fourth-order valence-electron chi connectivity index (χ4n) is 2.84. The van der Waals surface area contributed by atoms with Gasteiger partial charge in [-0.1, -0.05) is 11.8 Å². The molecule has 1 saturated heterocycles. The predicted octanol–water partition coefficient (Wildman–Crippen LogP) is 2.46. The summed E-state index contributed by atoms with van der Waals surface area (Å²) in [4.78, 5) is 0. The average Bonchev–Trinajstić information content (AvgIpc) is 3.00. The molecule has 24 heavy (non-hydrogen) atoms. The zero-order valence-corrected chi connectivity index (χ0v) is 15.0. The number of benzene rings is 1. The molecule has 1 unspecified atom stereocenters. The van der Waals surface area contributed by atoms with Crippen LogP contribution in [0, 0.1) is 0 Å². The van der Waals surface area contributed by atoms with Gasteiger partial charge in [-0.2, -0.15) is 0 Å². The van der Waals surface area contributed by atoms with E-state index in [0.717, 1.165) is 41.3 Å². The Morgan fingerprint density at radius 1 is 1.25 bits per heavy atom. The lowest BCUT2D eigenvalue weighted by molar-refractivity contribution is 0.342. The highest BCUT2D eigenvalue weighted by Crippen LogP contribution is 2.25. The Hall–Kier alpha value is -1.73. The van der Waals surface area contributed by atoms with Crippen LogP contribution in [0.5, 0.6) is 11.5 Å². The van der Waals surface area contributed by atoms with Gasteiger partial charge < -0.3 is 19.4 Å². The summed E-state index contributed by atoms with van der Waals surface area (Å²) in [5, 5.41) is 13.1. The second kappa shape index (κ2) is 8.39. The molecule has 6 nitrogen and oxygen atoms in total. The summed E-state index contributed by atoms with van der Waals surface area (Å²) >= 11 is 1.68. The normalized spacial score (nSPS) is 17.7. The van der Waals surface area contributed by atoms with Gasteiger partial charge in [0.2, 0.25) is 0 Å². The molecule has 1 fully saturated rings. The van der Waals surface area contributed by atoms with Crippen molar-refractivity contribution in [2.24, 2.45) is 7.05 Å². The standard InChI is InChI=1S/C17H24N4O2S/c1-21-16(13-4-3-9-18-12-13)19-20-17(21)24-11-10-23-15-7-5-14(22-2)6-8-15/h5-8,13,18H,3-4,9-12H2,1-2H3. The molecule has 1 aromatic carbocycles. The second-order valence-electron chi connectivity index (χ2n) is 5.82. The Morgan fingerprint density at radius 3 is 2.75 bits per heavy atom. The van der Waals surface area contributed by atoms with Gasteiger partial charge in [0.15, 0.2) is 5.16 Å². The highest BCUT2D eigenvalue weighted by Gasteiger charge is 2.21. The molecule has 3 rings (SSSR count). The number of piperidine rings is 1. The molecule has 1 N–H and O–H groups in total. The molecule has 2 heterocycles. The number of nitrogens with zero attached hydrogens (tertiary/aromatic N) is 3. The van der Waals surface area contributed by atoms with Crippen molar-refractivity contribution in [2.45, 2.75) is 23.9 Å². The predicted molar refractivity (Wildman–Crippen MR) is 95.1 cm³/mol. The maximum absolute atomic E-state index is 5.75. The lowest BCUT2D eigenvalue weighted by atomic mass is 9.99.